The summed E-state index contributed by atoms with van der Waals surface area (Å²) in [7, 11) is 6.56. The summed E-state index contributed by atoms with van der Waals surface area (Å²) in [5.74, 6) is 1.85. The van der Waals surface area contributed by atoms with Crippen molar-refractivity contribution in [1.29, 1.82) is 0 Å². The maximum atomic E-state index is 13.3. The lowest BCUT2D eigenvalue weighted by Crippen LogP contribution is -2.35. The molecule has 2 amide bonds. The van der Waals surface area contributed by atoms with Crippen molar-refractivity contribution in [3.63, 3.8) is 0 Å². The molecule has 248 valence electrons. The topological polar surface area (TPSA) is 119 Å². The van der Waals surface area contributed by atoms with Crippen molar-refractivity contribution in [3.8, 4) is 11.8 Å². The smallest absolute Gasteiger partial charge is 0.291 e. The highest BCUT2D eigenvalue weighted by Gasteiger charge is 2.43. The highest BCUT2D eigenvalue weighted by atomic mass is 16.5. The molecule has 2 aliphatic rings. The zero-order valence-electron chi connectivity index (χ0n) is 28.6. The number of nitrogens with one attached hydrogen (secondary N) is 1. The number of hydrogen-bond donors (Lipinski definition) is 1. The third kappa shape index (κ3) is 6.84. The van der Waals surface area contributed by atoms with E-state index in [0.717, 1.165) is 43.5 Å². The van der Waals surface area contributed by atoms with Gasteiger partial charge in [0.1, 0.15) is 5.76 Å². The van der Waals surface area contributed by atoms with E-state index in [2.05, 4.69) is 66.9 Å². The van der Waals surface area contributed by atoms with Gasteiger partial charge in [0, 0.05) is 40.0 Å². The second-order valence-electron chi connectivity index (χ2n) is 13.5. The molecule has 0 spiro atoms. The molecule has 1 saturated heterocycles. The van der Waals surface area contributed by atoms with Gasteiger partial charge in [0.25, 0.3) is 5.91 Å². The monoisotopic (exact) mass is 633 g/mol. The van der Waals surface area contributed by atoms with E-state index >= 15 is 0 Å². The molecule has 0 aliphatic carbocycles. The number of piperidine rings is 1. The van der Waals surface area contributed by atoms with E-state index in [9.17, 15) is 9.59 Å². The number of furan rings is 1. The van der Waals surface area contributed by atoms with E-state index in [1.807, 2.05) is 6.07 Å². The van der Waals surface area contributed by atoms with Crippen molar-refractivity contribution in [2.75, 3.05) is 51.6 Å². The lowest BCUT2D eigenvalue weighted by atomic mass is 9.86. The summed E-state index contributed by atoms with van der Waals surface area (Å²) >= 11 is 0. The first kappa shape index (κ1) is 33.2. The van der Waals surface area contributed by atoms with Crippen molar-refractivity contribution in [2.45, 2.75) is 77.9 Å². The number of nitrogens with zero attached hydrogens (tertiary/aromatic N) is 4. The molecule has 0 atom stereocenters. The average Bonchev–Trinajstić information content (AvgIpc) is 3.55. The molecule has 11 heteroatoms. The molecule has 1 fully saturated rings. The highest BCUT2D eigenvalue weighted by Crippen LogP contribution is 2.47. The summed E-state index contributed by atoms with van der Waals surface area (Å²) in [4.78, 5) is 38.3. The molecule has 5 rings (SSSR count). The van der Waals surface area contributed by atoms with Gasteiger partial charge in [-0.3, -0.25) is 9.59 Å². The Morgan fingerprint density at radius 1 is 1.00 bits per heavy atom. The standard InChI is InChI=1S/C35H47N5O6/c1-21-18-25-26(35(4,5)46-34(25,2)3)20-23(21)19-24-11-12-27(45-24)30(42)36-29-31(43-8)37-33(38-32(29)44-9)40-16-14-22(15-17-40)10-13-28(41)39(6)7/h11-12,18,20,22H,10,13-17,19H2,1-9H3,(H,36,42). The van der Waals surface area contributed by atoms with Crippen LogP contribution in [-0.2, 0) is 27.2 Å². The number of methoxy groups -OCH3 is 2. The maximum absolute atomic E-state index is 13.3. The minimum Gasteiger partial charge on any atom is -0.479 e. The number of anilines is 2. The van der Waals surface area contributed by atoms with Crippen molar-refractivity contribution in [2.24, 2.45) is 5.92 Å². The third-order valence-corrected chi connectivity index (χ3v) is 9.15. The van der Waals surface area contributed by atoms with Crippen LogP contribution in [0.3, 0.4) is 0 Å². The third-order valence-electron chi connectivity index (χ3n) is 9.15. The number of fused-ring (bicyclic) bond motifs is 1. The van der Waals surface area contributed by atoms with Crippen molar-refractivity contribution in [1.82, 2.24) is 14.9 Å². The molecular weight excluding hydrogens is 586 g/mol. The largest absolute Gasteiger partial charge is 0.479 e. The van der Waals surface area contributed by atoms with E-state index < -0.39 is 11.5 Å². The Bertz CT molecular complexity index is 1580. The van der Waals surface area contributed by atoms with Crippen LogP contribution in [0.4, 0.5) is 11.6 Å². The van der Waals surface area contributed by atoms with E-state index in [4.69, 9.17) is 18.6 Å². The number of rotatable bonds is 10. The maximum Gasteiger partial charge on any atom is 0.291 e. The summed E-state index contributed by atoms with van der Waals surface area (Å²) in [5.41, 5.74) is 4.12. The van der Waals surface area contributed by atoms with Gasteiger partial charge in [-0.15, -0.1) is 0 Å². The van der Waals surface area contributed by atoms with E-state index in [0.29, 0.717) is 30.5 Å². The number of amides is 2. The van der Waals surface area contributed by atoms with Crippen LogP contribution in [0.2, 0.25) is 0 Å². The van der Waals surface area contributed by atoms with E-state index in [1.165, 1.54) is 25.3 Å². The number of ether oxygens (including phenoxy) is 3. The number of benzene rings is 1. The Morgan fingerprint density at radius 2 is 1.61 bits per heavy atom. The second-order valence-corrected chi connectivity index (χ2v) is 13.5. The van der Waals surface area contributed by atoms with Crippen LogP contribution < -0.4 is 19.7 Å². The average molecular weight is 634 g/mol. The quantitative estimate of drug-likeness (QED) is 0.294. The molecule has 0 saturated carbocycles. The Morgan fingerprint density at radius 3 is 2.20 bits per heavy atom. The zero-order valence-corrected chi connectivity index (χ0v) is 28.6. The Labute approximate surface area is 271 Å². The SMILES string of the molecule is COc1nc(N2CCC(CCC(=O)N(C)C)CC2)nc(OC)c1NC(=O)c1ccc(Cc2cc3c(cc2C)C(C)(C)OC3(C)C)o1. The summed E-state index contributed by atoms with van der Waals surface area (Å²) in [5, 5.41) is 2.83. The molecule has 0 radical (unpaired) electrons. The van der Waals surface area contributed by atoms with Gasteiger partial charge in [0.15, 0.2) is 11.4 Å². The van der Waals surface area contributed by atoms with Crippen LogP contribution in [0.15, 0.2) is 28.7 Å². The fourth-order valence-electron chi connectivity index (χ4n) is 6.57. The Hall–Kier alpha value is -4.12. The first-order valence-corrected chi connectivity index (χ1v) is 15.9. The number of aromatic nitrogens is 2. The zero-order chi connectivity index (χ0) is 33.4. The van der Waals surface area contributed by atoms with Gasteiger partial charge in [-0.25, -0.2) is 0 Å². The number of hydrogen-bond acceptors (Lipinski definition) is 9. The van der Waals surface area contributed by atoms with Crippen LogP contribution in [0.25, 0.3) is 0 Å². The molecule has 1 aromatic carbocycles. The van der Waals surface area contributed by atoms with Gasteiger partial charge in [-0.05, 0) is 94.2 Å². The van der Waals surface area contributed by atoms with E-state index in [-0.39, 0.29) is 34.7 Å². The Balaban J connectivity index is 1.27. The molecule has 11 nitrogen and oxygen atoms in total. The van der Waals surface area contributed by atoms with Crippen molar-refractivity contribution in [3.05, 3.63) is 58.0 Å². The van der Waals surface area contributed by atoms with E-state index in [1.54, 1.807) is 25.1 Å². The summed E-state index contributed by atoms with van der Waals surface area (Å²) in [6.45, 7) is 12.0. The Kier molecular flexibility index (Phi) is 9.35. The van der Waals surface area contributed by atoms with Gasteiger partial charge in [0.2, 0.25) is 23.6 Å². The van der Waals surface area contributed by atoms with Crippen LogP contribution in [0.1, 0.15) is 91.9 Å². The van der Waals surface area contributed by atoms with Crippen molar-refractivity contribution < 1.29 is 28.2 Å². The summed E-state index contributed by atoms with van der Waals surface area (Å²) in [6.07, 6.45) is 3.83. The van der Waals surface area contributed by atoms with Gasteiger partial charge >= 0.3 is 0 Å². The van der Waals surface area contributed by atoms with Crippen molar-refractivity contribution >= 4 is 23.5 Å². The normalized spacial score (nSPS) is 17.0. The molecule has 46 heavy (non-hydrogen) atoms. The predicted molar refractivity (Wildman–Crippen MR) is 176 cm³/mol. The minimum atomic E-state index is -0.464. The number of carbonyl (C=O) groups excluding carboxylic acids is 2. The van der Waals surface area contributed by atoms with Gasteiger partial charge in [-0.2, -0.15) is 9.97 Å². The summed E-state index contributed by atoms with van der Waals surface area (Å²) in [6, 6.07) is 7.88. The number of aryl methyl sites for hydroxylation is 1. The fourth-order valence-corrected chi connectivity index (χ4v) is 6.57. The second kappa shape index (κ2) is 12.9. The summed E-state index contributed by atoms with van der Waals surface area (Å²) < 4.78 is 23.5. The lowest BCUT2D eigenvalue weighted by molar-refractivity contribution is -0.129. The van der Waals surface area contributed by atoms with Crippen LogP contribution >= 0.6 is 0 Å². The molecular formula is C35H47N5O6. The molecule has 4 heterocycles. The van der Waals surface area contributed by atoms with Crippen LogP contribution in [0, 0.1) is 12.8 Å². The predicted octanol–water partition coefficient (Wildman–Crippen LogP) is 5.82. The van der Waals surface area contributed by atoms with Crippen LogP contribution in [0.5, 0.6) is 11.8 Å². The highest BCUT2D eigenvalue weighted by molar-refractivity contribution is 6.03. The molecule has 2 aromatic heterocycles. The minimum absolute atomic E-state index is 0.154. The molecule has 1 N–H and O–H groups in total. The lowest BCUT2D eigenvalue weighted by Gasteiger charge is -2.32. The first-order chi connectivity index (χ1) is 21.7. The fraction of sp³-hybridized carbons (Fsp3) is 0.543. The van der Waals surface area contributed by atoms with Gasteiger partial charge in [-0.1, -0.05) is 12.1 Å². The number of carbonyl (C=O) groups is 2. The van der Waals surface area contributed by atoms with Gasteiger partial charge in [0.05, 0.1) is 25.4 Å². The first-order valence-electron chi connectivity index (χ1n) is 15.9. The molecule has 3 aromatic rings. The molecule has 2 aliphatic heterocycles. The van der Waals surface area contributed by atoms with Crippen LogP contribution in [-0.4, -0.2) is 68.1 Å². The molecule has 0 unspecified atom stereocenters. The van der Waals surface area contributed by atoms with Gasteiger partial charge < -0.3 is 33.7 Å². The molecule has 0 bridgehead atoms.